The van der Waals surface area contributed by atoms with E-state index in [2.05, 4.69) is 22.9 Å². The van der Waals surface area contributed by atoms with Crippen LogP contribution < -0.4 is 5.32 Å². The van der Waals surface area contributed by atoms with E-state index in [9.17, 15) is 9.59 Å². The first kappa shape index (κ1) is 19.3. The Balaban J connectivity index is 1.71. The van der Waals surface area contributed by atoms with E-state index in [4.69, 9.17) is 4.74 Å². The second-order valence-electron chi connectivity index (χ2n) is 7.24. The van der Waals surface area contributed by atoms with Crippen LogP contribution in [0.1, 0.15) is 33.4 Å². The number of nitrogens with one attached hydrogen (secondary N) is 1. The second kappa shape index (κ2) is 8.38. The zero-order valence-electron chi connectivity index (χ0n) is 15.7. The van der Waals surface area contributed by atoms with Gasteiger partial charge in [0.1, 0.15) is 5.60 Å². The maximum Gasteiger partial charge on any atom is 0.410 e. The number of piperazine rings is 1. The number of ether oxygens (including phenoxy) is 1. The summed E-state index contributed by atoms with van der Waals surface area (Å²) in [5.74, 6) is 0.0680. The van der Waals surface area contributed by atoms with Gasteiger partial charge < -0.3 is 24.4 Å². The Morgan fingerprint density at radius 3 is 2.40 bits per heavy atom. The van der Waals surface area contributed by atoms with Crippen molar-refractivity contribution in [2.45, 2.75) is 46.4 Å². The number of aromatic nitrogens is 1. The number of hydrogen-bond acceptors (Lipinski definition) is 4. The molecule has 2 amide bonds. The fraction of sp³-hybridized carbons (Fsp3) is 0.667. The molecule has 0 saturated carbocycles. The van der Waals surface area contributed by atoms with Crippen LogP contribution in [0.3, 0.4) is 0 Å². The lowest BCUT2D eigenvalue weighted by Crippen LogP contribution is -2.53. The van der Waals surface area contributed by atoms with Crippen molar-refractivity contribution >= 4 is 12.0 Å². The molecule has 1 aromatic rings. The number of hydrogen-bond donors (Lipinski definition) is 1. The average molecular weight is 350 g/mol. The van der Waals surface area contributed by atoms with Crippen molar-refractivity contribution < 1.29 is 14.3 Å². The molecule has 2 heterocycles. The molecule has 1 aliphatic heterocycles. The molecule has 0 aliphatic carbocycles. The van der Waals surface area contributed by atoms with Gasteiger partial charge in [0.25, 0.3) is 0 Å². The van der Waals surface area contributed by atoms with E-state index in [0.717, 1.165) is 6.54 Å². The fourth-order valence-electron chi connectivity index (χ4n) is 2.79. The molecule has 1 aliphatic rings. The highest BCUT2D eigenvalue weighted by molar-refractivity contribution is 5.78. The third-order valence-electron chi connectivity index (χ3n) is 4.13. The number of carbonyl (C=O) groups is 2. The van der Waals surface area contributed by atoms with E-state index in [-0.39, 0.29) is 12.0 Å². The molecule has 0 atom stereocenters. The van der Waals surface area contributed by atoms with Crippen LogP contribution in [0.25, 0.3) is 0 Å². The SMILES string of the molecule is CCn1cccc1CNCC(=O)N1CCN(C(=O)OC(C)(C)C)CC1. The third kappa shape index (κ3) is 5.77. The Labute approximate surface area is 149 Å². The second-order valence-corrected chi connectivity index (χ2v) is 7.24. The van der Waals surface area contributed by atoms with Crippen LogP contribution in [0.5, 0.6) is 0 Å². The molecular weight excluding hydrogens is 320 g/mol. The summed E-state index contributed by atoms with van der Waals surface area (Å²) in [4.78, 5) is 27.8. The lowest BCUT2D eigenvalue weighted by atomic mass is 10.2. The fourth-order valence-corrected chi connectivity index (χ4v) is 2.79. The van der Waals surface area contributed by atoms with Crippen LogP contribution in [0.15, 0.2) is 18.3 Å². The molecule has 0 spiro atoms. The van der Waals surface area contributed by atoms with E-state index >= 15 is 0 Å². The van der Waals surface area contributed by atoms with Gasteiger partial charge in [-0.2, -0.15) is 0 Å². The van der Waals surface area contributed by atoms with Gasteiger partial charge in [0.05, 0.1) is 6.54 Å². The van der Waals surface area contributed by atoms with Crippen LogP contribution in [0, 0.1) is 0 Å². The Morgan fingerprint density at radius 1 is 1.16 bits per heavy atom. The van der Waals surface area contributed by atoms with Crippen molar-refractivity contribution in [1.82, 2.24) is 19.7 Å². The highest BCUT2D eigenvalue weighted by atomic mass is 16.6. The predicted molar refractivity (Wildman–Crippen MR) is 96.2 cm³/mol. The Kier molecular flexibility index (Phi) is 6.47. The van der Waals surface area contributed by atoms with Gasteiger partial charge in [0, 0.05) is 51.2 Å². The van der Waals surface area contributed by atoms with E-state index in [1.807, 2.05) is 33.0 Å². The molecule has 0 radical (unpaired) electrons. The minimum absolute atomic E-state index is 0.0680. The summed E-state index contributed by atoms with van der Waals surface area (Å²) in [6, 6.07) is 4.07. The summed E-state index contributed by atoms with van der Waals surface area (Å²) in [7, 11) is 0. The normalized spacial score (nSPS) is 15.4. The molecular formula is C18H30N4O3. The predicted octanol–water partition coefficient (Wildman–Crippen LogP) is 1.68. The highest BCUT2D eigenvalue weighted by Gasteiger charge is 2.27. The van der Waals surface area contributed by atoms with Crippen LogP contribution in [-0.2, 0) is 22.6 Å². The van der Waals surface area contributed by atoms with Gasteiger partial charge in [-0.05, 0) is 39.8 Å². The number of rotatable bonds is 5. The minimum Gasteiger partial charge on any atom is -0.444 e. The molecule has 7 heteroatoms. The van der Waals surface area contributed by atoms with Crippen molar-refractivity contribution in [3.8, 4) is 0 Å². The summed E-state index contributed by atoms with van der Waals surface area (Å²) >= 11 is 0. The summed E-state index contributed by atoms with van der Waals surface area (Å²) in [5.41, 5.74) is 0.675. The Morgan fingerprint density at radius 2 is 1.80 bits per heavy atom. The monoisotopic (exact) mass is 350 g/mol. The van der Waals surface area contributed by atoms with Crippen LogP contribution >= 0.6 is 0 Å². The van der Waals surface area contributed by atoms with E-state index < -0.39 is 5.60 Å². The molecule has 1 saturated heterocycles. The van der Waals surface area contributed by atoms with Gasteiger partial charge in [0.15, 0.2) is 0 Å². The topological polar surface area (TPSA) is 66.8 Å². The van der Waals surface area contributed by atoms with Crippen molar-refractivity contribution in [2.24, 2.45) is 0 Å². The standard InChI is InChI=1S/C18H30N4O3/c1-5-20-8-6-7-15(20)13-19-14-16(23)21-9-11-22(12-10-21)17(24)25-18(2,3)4/h6-8,19H,5,9-14H2,1-4H3. The van der Waals surface area contributed by atoms with Crippen molar-refractivity contribution in [1.29, 1.82) is 0 Å². The Hall–Kier alpha value is -2.02. The first-order chi connectivity index (χ1) is 11.8. The molecule has 1 fully saturated rings. The average Bonchev–Trinajstić information content (AvgIpc) is 3.01. The zero-order chi connectivity index (χ0) is 18.4. The zero-order valence-corrected chi connectivity index (χ0v) is 15.7. The minimum atomic E-state index is -0.496. The van der Waals surface area contributed by atoms with Crippen LogP contribution in [-0.4, -0.2) is 64.7 Å². The van der Waals surface area contributed by atoms with Gasteiger partial charge in [-0.1, -0.05) is 0 Å². The summed E-state index contributed by atoms with van der Waals surface area (Å²) in [6.07, 6.45) is 1.73. The third-order valence-corrected chi connectivity index (χ3v) is 4.13. The molecule has 0 unspecified atom stereocenters. The molecule has 0 aromatic carbocycles. The molecule has 0 bridgehead atoms. The summed E-state index contributed by atoms with van der Waals surface area (Å²) < 4.78 is 7.52. The van der Waals surface area contributed by atoms with E-state index in [1.54, 1.807) is 9.80 Å². The Bertz CT molecular complexity index is 583. The summed E-state index contributed by atoms with van der Waals surface area (Å²) in [5, 5.41) is 3.21. The van der Waals surface area contributed by atoms with Crippen molar-refractivity contribution in [3.63, 3.8) is 0 Å². The summed E-state index contributed by atoms with van der Waals surface area (Å²) in [6.45, 7) is 11.7. The molecule has 25 heavy (non-hydrogen) atoms. The number of carbonyl (C=O) groups excluding carboxylic acids is 2. The lowest BCUT2D eigenvalue weighted by molar-refractivity contribution is -0.132. The number of nitrogens with zero attached hydrogens (tertiary/aromatic N) is 3. The molecule has 1 N–H and O–H groups in total. The first-order valence-corrected chi connectivity index (χ1v) is 8.90. The van der Waals surface area contributed by atoms with Gasteiger partial charge in [-0.15, -0.1) is 0 Å². The van der Waals surface area contributed by atoms with Crippen LogP contribution in [0.4, 0.5) is 4.79 Å². The van der Waals surface area contributed by atoms with Gasteiger partial charge in [-0.3, -0.25) is 4.79 Å². The van der Waals surface area contributed by atoms with Crippen molar-refractivity contribution in [2.75, 3.05) is 32.7 Å². The molecule has 140 valence electrons. The van der Waals surface area contributed by atoms with Gasteiger partial charge in [0.2, 0.25) is 5.91 Å². The van der Waals surface area contributed by atoms with Gasteiger partial charge in [-0.25, -0.2) is 4.79 Å². The largest absolute Gasteiger partial charge is 0.444 e. The first-order valence-electron chi connectivity index (χ1n) is 8.90. The van der Waals surface area contributed by atoms with Crippen LogP contribution in [0.2, 0.25) is 0 Å². The molecule has 2 rings (SSSR count). The maximum absolute atomic E-state index is 12.3. The maximum atomic E-state index is 12.3. The van der Waals surface area contributed by atoms with Gasteiger partial charge >= 0.3 is 6.09 Å². The molecule has 7 nitrogen and oxygen atoms in total. The quantitative estimate of drug-likeness (QED) is 0.877. The van der Waals surface area contributed by atoms with E-state index in [1.165, 1.54) is 5.69 Å². The number of aryl methyl sites for hydroxylation is 1. The lowest BCUT2D eigenvalue weighted by Gasteiger charge is -2.35. The highest BCUT2D eigenvalue weighted by Crippen LogP contribution is 2.12. The smallest absolute Gasteiger partial charge is 0.410 e. The number of amides is 2. The van der Waals surface area contributed by atoms with E-state index in [0.29, 0.717) is 39.3 Å². The molecule has 1 aromatic heterocycles. The van der Waals surface area contributed by atoms with Crippen molar-refractivity contribution in [3.05, 3.63) is 24.0 Å².